The van der Waals surface area contributed by atoms with Crippen LogP contribution in [0.5, 0.6) is 11.5 Å². The van der Waals surface area contributed by atoms with Crippen molar-refractivity contribution in [2.24, 2.45) is 0 Å². The Morgan fingerprint density at radius 2 is 1.71 bits per heavy atom. The predicted molar refractivity (Wildman–Crippen MR) is 73.8 cm³/mol. The fraction of sp³-hybridized carbons (Fsp3) is 0.0714. The SMILES string of the molecule is O=C(Nc1ccc(OC(F)F)cc1)Nc1cccc(O)c1. The highest BCUT2D eigenvalue weighted by atomic mass is 19.3. The van der Waals surface area contributed by atoms with Crippen molar-refractivity contribution in [3.63, 3.8) is 0 Å². The standard InChI is InChI=1S/C14H12F2N2O3/c15-13(16)21-12-6-4-9(5-7-12)17-14(20)18-10-2-1-3-11(19)8-10/h1-8,13,19H,(H2,17,18,20). The van der Waals surface area contributed by atoms with E-state index in [4.69, 9.17) is 0 Å². The molecule has 0 aliphatic rings. The number of carbonyl (C=O) groups excluding carboxylic acids is 1. The molecule has 0 unspecified atom stereocenters. The van der Waals surface area contributed by atoms with Crippen LogP contribution in [0.1, 0.15) is 0 Å². The summed E-state index contributed by atoms with van der Waals surface area (Å²) in [5, 5.41) is 14.3. The van der Waals surface area contributed by atoms with Gasteiger partial charge in [0, 0.05) is 17.4 Å². The summed E-state index contributed by atoms with van der Waals surface area (Å²) in [5.41, 5.74) is 0.833. The molecule has 0 saturated carbocycles. The maximum absolute atomic E-state index is 12.0. The zero-order valence-corrected chi connectivity index (χ0v) is 10.7. The molecule has 0 atom stereocenters. The molecule has 3 N–H and O–H groups in total. The van der Waals surface area contributed by atoms with E-state index in [9.17, 15) is 18.7 Å². The molecular weight excluding hydrogens is 282 g/mol. The number of nitrogens with one attached hydrogen (secondary N) is 2. The van der Waals surface area contributed by atoms with E-state index in [0.717, 1.165) is 0 Å². The number of amides is 2. The lowest BCUT2D eigenvalue weighted by Gasteiger charge is -2.09. The van der Waals surface area contributed by atoms with E-state index in [1.807, 2.05) is 0 Å². The number of benzene rings is 2. The van der Waals surface area contributed by atoms with Crippen molar-refractivity contribution in [2.75, 3.05) is 10.6 Å². The first-order valence-corrected chi connectivity index (χ1v) is 5.95. The van der Waals surface area contributed by atoms with Crippen LogP contribution in [0.4, 0.5) is 25.0 Å². The molecule has 0 fully saturated rings. The molecule has 2 aromatic rings. The summed E-state index contributed by atoms with van der Waals surface area (Å²) in [6.07, 6.45) is 0. The van der Waals surface area contributed by atoms with Crippen LogP contribution < -0.4 is 15.4 Å². The Morgan fingerprint density at radius 3 is 2.33 bits per heavy atom. The van der Waals surface area contributed by atoms with Crippen LogP contribution in [0.15, 0.2) is 48.5 Å². The van der Waals surface area contributed by atoms with Gasteiger partial charge in [-0.2, -0.15) is 8.78 Å². The second-order valence-electron chi connectivity index (χ2n) is 4.03. The third-order valence-corrected chi connectivity index (χ3v) is 2.44. The van der Waals surface area contributed by atoms with E-state index >= 15 is 0 Å². The Hall–Kier alpha value is -2.83. The van der Waals surface area contributed by atoms with Crippen molar-refractivity contribution in [2.45, 2.75) is 6.61 Å². The Kier molecular flexibility index (Phi) is 4.55. The molecule has 2 aromatic carbocycles. The Labute approximate surface area is 119 Å². The molecule has 0 bridgehead atoms. The van der Waals surface area contributed by atoms with Gasteiger partial charge in [0.2, 0.25) is 0 Å². The molecule has 110 valence electrons. The number of ether oxygens (including phenoxy) is 1. The van der Waals surface area contributed by atoms with E-state index in [0.29, 0.717) is 11.4 Å². The fourth-order valence-electron chi connectivity index (χ4n) is 1.60. The van der Waals surface area contributed by atoms with Crippen molar-refractivity contribution < 1.29 is 23.4 Å². The Morgan fingerprint density at radius 1 is 1.05 bits per heavy atom. The van der Waals surface area contributed by atoms with Crippen molar-refractivity contribution in [1.82, 2.24) is 0 Å². The van der Waals surface area contributed by atoms with Crippen LogP contribution in [-0.4, -0.2) is 17.7 Å². The number of urea groups is 1. The van der Waals surface area contributed by atoms with Gasteiger partial charge in [-0.25, -0.2) is 4.79 Å². The number of alkyl halides is 2. The quantitative estimate of drug-likeness (QED) is 0.806. The summed E-state index contributed by atoms with van der Waals surface area (Å²) in [6, 6.07) is 11.0. The van der Waals surface area contributed by atoms with Crippen LogP contribution >= 0.6 is 0 Å². The number of hydrogen-bond donors (Lipinski definition) is 3. The highest BCUT2D eigenvalue weighted by molar-refractivity contribution is 5.99. The lowest BCUT2D eigenvalue weighted by molar-refractivity contribution is -0.0498. The Balaban J connectivity index is 1.93. The van der Waals surface area contributed by atoms with Crippen LogP contribution in [-0.2, 0) is 0 Å². The summed E-state index contributed by atoms with van der Waals surface area (Å²) in [5.74, 6) is 0.0326. The van der Waals surface area contributed by atoms with Gasteiger partial charge in [-0.1, -0.05) is 6.07 Å². The maximum Gasteiger partial charge on any atom is 0.387 e. The van der Waals surface area contributed by atoms with Gasteiger partial charge in [0.1, 0.15) is 11.5 Å². The molecule has 21 heavy (non-hydrogen) atoms. The van der Waals surface area contributed by atoms with Crippen LogP contribution in [0.2, 0.25) is 0 Å². The van der Waals surface area contributed by atoms with Crippen LogP contribution in [0.25, 0.3) is 0 Å². The average Bonchev–Trinajstić information content (AvgIpc) is 2.40. The van der Waals surface area contributed by atoms with Gasteiger partial charge in [-0.15, -0.1) is 0 Å². The molecule has 0 aliphatic carbocycles. The third kappa shape index (κ3) is 4.64. The zero-order valence-electron chi connectivity index (χ0n) is 10.7. The van der Waals surface area contributed by atoms with Crippen molar-refractivity contribution >= 4 is 17.4 Å². The Bertz CT molecular complexity index is 618. The summed E-state index contributed by atoms with van der Waals surface area (Å²) in [4.78, 5) is 11.7. The van der Waals surface area contributed by atoms with E-state index in [2.05, 4.69) is 15.4 Å². The van der Waals surface area contributed by atoms with Gasteiger partial charge >= 0.3 is 12.6 Å². The van der Waals surface area contributed by atoms with Gasteiger partial charge in [-0.3, -0.25) is 0 Å². The van der Waals surface area contributed by atoms with E-state index < -0.39 is 12.6 Å². The minimum Gasteiger partial charge on any atom is -0.508 e. The van der Waals surface area contributed by atoms with E-state index in [1.54, 1.807) is 12.1 Å². The molecule has 0 aromatic heterocycles. The minimum absolute atomic E-state index is 0.00365. The summed E-state index contributed by atoms with van der Waals surface area (Å²) in [7, 11) is 0. The molecule has 0 heterocycles. The second kappa shape index (κ2) is 6.56. The number of anilines is 2. The van der Waals surface area contributed by atoms with E-state index in [-0.39, 0.29) is 11.5 Å². The van der Waals surface area contributed by atoms with Gasteiger partial charge in [0.05, 0.1) is 0 Å². The fourth-order valence-corrected chi connectivity index (χ4v) is 1.60. The smallest absolute Gasteiger partial charge is 0.387 e. The number of phenolic OH excluding ortho intramolecular Hbond substituents is 1. The van der Waals surface area contributed by atoms with Gasteiger partial charge in [0.25, 0.3) is 0 Å². The van der Waals surface area contributed by atoms with Crippen molar-refractivity contribution in [3.05, 3.63) is 48.5 Å². The van der Waals surface area contributed by atoms with E-state index in [1.165, 1.54) is 36.4 Å². The highest BCUT2D eigenvalue weighted by Crippen LogP contribution is 2.19. The first kappa shape index (κ1) is 14.6. The average molecular weight is 294 g/mol. The number of halogens is 2. The number of phenols is 1. The first-order chi connectivity index (χ1) is 10.0. The number of rotatable bonds is 4. The molecular formula is C14H12F2N2O3. The predicted octanol–water partition coefficient (Wildman–Crippen LogP) is 3.64. The zero-order chi connectivity index (χ0) is 15.2. The molecule has 0 radical (unpaired) electrons. The number of aromatic hydroxyl groups is 1. The summed E-state index contributed by atoms with van der Waals surface area (Å²) < 4.78 is 28.2. The lowest BCUT2D eigenvalue weighted by atomic mass is 10.3. The van der Waals surface area contributed by atoms with Gasteiger partial charge in [-0.05, 0) is 36.4 Å². The van der Waals surface area contributed by atoms with Gasteiger partial charge in [0.15, 0.2) is 0 Å². The topological polar surface area (TPSA) is 70.6 Å². The molecule has 2 amide bonds. The number of hydrogen-bond acceptors (Lipinski definition) is 3. The minimum atomic E-state index is -2.89. The largest absolute Gasteiger partial charge is 0.508 e. The molecule has 0 spiro atoms. The second-order valence-corrected chi connectivity index (χ2v) is 4.03. The molecule has 0 saturated heterocycles. The lowest BCUT2D eigenvalue weighted by Crippen LogP contribution is -2.19. The normalized spacial score (nSPS) is 10.2. The molecule has 5 nitrogen and oxygen atoms in total. The maximum atomic E-state index is 12.0. The number of carbonyl (C=O) groups is 1. The summed E-state index contributed by atoms with van der Waals surface area (Å²) >= 11 is 0. The summed E-state index contributed by atoms with van der Waals surface area (Å²) in [6.45, 7) is -2.89. The molecule has 2 rings (SSSR count). The van der Waals surface area contributed by atoms with Crippen LogP contribution in [0.3, 0.4) is 0 Å². The third-order valence-electron chi connectivity index (χ3n) is 2.44. The highest BCUT2D eigenvalue weighted by Gasteiger charge is 2.06. The first-order valence-electron chi connectivity index (χ1n) is 5.95. The van der Waals surface area contributed by atoms with Crippen molar-refractivity contribution in [1.29, 1.82) is 0 Å². The molecule has 7 heteroatoms. The van der Waals surface area contributed by atoms with Crippen LogP contribution in [0, 0.1) is 0 Å². The molecule has 0 aliphatic heterocycles. The van der Waals surface area contributed by atoms with Gasteiger partial charge < -0.3 is 20.5 Å². The monoisotopic (exact) mass is 294 g/mol. The van der Waals surface area contributed by atoms with Crippen molar-refractivity contribution in [3.8, 4) is 11.5 Å².